The van der Waals surface area contributed by atoms with Crippen molar-refractivity contribution in [1.29, 1.82) is 0 Å². The summed E-state index contributed by atoms with van der Waals surface area (Å²) in [5.41, 5.74) is 1.69. The van der Waals surface area contributed by atoms with Gasteiger partial charge in [-0.3, -0.25) is 13.9 Å². The first-order valence-electron chi connectivity index (χ1n) is 13.8. The summed E-state index contributed by atoms with van der Waals surface area (Å²) in [5, 5.41) is 3.07. The Morgan fingerprint density at radius 2 is 1.33 bits per heavy atom. The summed E-state index contributed by atoms with van der Waals surface area (Å²) in [6.07, 6.45) is 0.224. The van der Waals surface area contributed by atoms with Crippen LogP contribution in [0.4, 0.5) is 5.69 Å². The molecule has 0 heterocycles. The van der Waals surface area contributed by atoms with Crippen LogP contribution < -0.4 is 9.62 Å². The van der Waals surface area contributed by atoms with Gasteiger partial charge in [0.15, 0.2) is 0 Å². The molecular formula is C33H33Cl2N3O4S. The predicted octanol–water partition coefficient (Wildman–Crippen LogP) is 6.35. The van der Waals surface area contributed by atoms with Gasteiger partial charge in [-0.15, -0.1) is 0 Å². The van der Waals surface area contributed by atoms with E-state index in [0.29, 0.717) is 0 Å². The van der Waals surface area contributed by atoms with Gasteiger partial charge in [-0.2, -0.15) is 0 Å². The van der Waals surface area contributed by atoms with E-state index in [0.717, 1.165) is 15.4 Å². The van der Waals surface area contributed by atoms with Crippen molar-refractivity contribution in [2.45, 2.75) is 43.8 Å². The highest BCUT2D eigenvalue weighted by atomic mass is 35.5. The SMILES string of the molecule is CC(C)NC(=O)C(Cc1ccccc1)N(Cc1ccccc1)C(=O)CN(c1cccc(Cl)c1Cl)S(=O)(=O)c1ccccc1. The molecule has 0 bridgehead atoms. The maximum atomic E-state index is 14.4. The average molecular weight is 639 g/mol. The molecule has 1 atom stereocenters. The van der Waals surface area contributed by atoms with Gasteiger partial charge in [0, 0.05) is 19.0 Å². The molecule has 2 amide bonds. The number of hydrogen-bond donors (Lipinski definition) is 1. The van der Waals surface area contributed by atoms with Gasteiger partial charge in [0.2, 0.25) is 11.8 Å². The van der Waals surface area contributed by atoms with Gasteiger partial charge in [-0.1, -0.05) is 108 Å². The summed E-state index contributed by atoms with van der Waals surface area (Å²) in [7, 11) is -4.28. The van der Waals surface area contributed by atoms with Crippen LogP contribution in [0.1, 0.15) is 25.0 Å². The van der Waals surface area contributed by atoms with Crippen LogP contribution in [0.2, 0.25) is 10.0 Å². The molecule has 0 fully saturated rings. The minimum atomic E-state index is -4.28. The number of nitrogens with one attached hydrogen (secondary N) is 1. The van der Waals surface area contributed by atoms with Gasteiger partial charge >= 0.3 is 0 Å². The second-order valence-corrected chi connectivity index (χ2v) is 12.9. The molecule has 10 heteroatoms. The van der Waals surface area contributed by atoms with E-state index in [9.17, 15) is 18.0 Å². The molecule has 0 aliphatic rings. The van der Waals surface area contributed by atoms with Crippen LogP contribution in [0, 0.1) is 0 Å². The van der Waals surface area contributed by atoms with Gasteiger partial charge in [0.25, 0.3) is 10.0 Å². The van der Waals surface area contributed by atoms with Crippen LogP contribution in [0.5, 0.6) is 0 Å². The van der Waals surface area contributed by atoms with E-state index in [4.69, 9.17) is 23.2 Å². The molecule has 0 radical (unpaired) electrons. The van der Waals surface area contributed by atoms with E-state index in [1.807, 2.05) is 74.5 Å². The van der Waals surface area contributed by atoms with Crippen molar-refractivity contribution in [1.82, 2.24) is 10.2 Å². The fourth-order valence-electron chi connectivity index (χ4n) is 4.63. The lowest BCUT2D eigenvalue weighted by Crippen LogP contribution is -2.54. The van der Waals surface area contributed by atoms with Crippen LogP contribution in [-0.2, 0) is 32.6 Å². The molecule has 0 saturated heterocycles. The van der Waals surface area contributed by atoms with Crippen molar-refractivity contribution < 1.29 is 18.0 Å². The molecule has 224 valence electrons. The van der Waals surface area contributed by atoms with Crippen molar-refractivity contribution in [3.63, 3.8) is 0 Å². The zero-order chi connectivity index (χ0) is 31.0. The maximum Gasteiger partial charge on any atom is 0.264 e. The molecule has 0 aliphatic carbocycles. The van der Waals surface area contributed by atoms with E-state index in [1.54, 1.807) is 24.3 Å². The smallest absolute Gasteiger partial charge is 0.264 e. The highest BCUT2D eigenvalue weighted by molar-refractivity contribution is 7.92. The number of rotatable bonds is 12. The molecule has 4 aromatic carbocycles. The molecule has 0 aliphatic heterocycles. The number of halogens is 2. The van der Waals surface area contributed by atoms with Crippen molar-refractivity contribution in [3.8, 4) is 0 Å². The summed E-state index contributed by atoms with van der Waals surface area (Å²) in [6, 6.07) is 29.9. The zero-order valence-electron chi connectivity index (χ0n) is 23.9. The van der Waals surface area contributed by atoms with E-state index >= 15 is 0 Å². The number of nitrogens with zero attached hydrogens (tertiary/aromatic N) is 2. The van der Waals surface area contributed by atoms with Gasteiger partial charge in [-0.05, 0) is 49.2 Å². The number of benzene rings is 4. The molecule has 1 N–H and O–H groups in total. The van der Waals surface area contributed by atoms with Crippen LogP contribution in [-0.4, -0.2) is 43.8 Å². The fraction of sp³-hybridized carbons (Fsp3) is 0.212. The van der Waals surface area contributed by atoms with Crippen molar-refractivity contribution in [3.05, 3.63) is 130 Å². The van der Waals surface area contributed by atoms with Crippen molar-refractivity contribution >= 4 is 50.7 Å². The van der Waals surface area contributed by atoms with Gasteiger partial charge in [0.1, 0.15) is 12.6 Å². The Morgan fingerprint density at radius 3 is 1.91 bits per heavy atom. The second-order valence-electron chi connectivity index (χ2n) is 10.3. The van der Waals surface area contributed by atoms with Crippen LogP contribution >= 0.6 is 23.2 Å². The predicted molar refractivity (Wildman–Crippen MR) is 172 cm³/mol. The summed E-state index contributed by atoms with van der Waals surface area (Å²) in [4.78, 5) is 29.5. The third-order valence-corrected chi connectivity index (χ3v) is 9.29. The van der Waals surface area contributed by atoms with Crippen LogP contribution in [0.25, 0.3) is 0 Å². The Morgan fingerprint density at radius 1 is 0.767 bits per heavy atom. The highest BCUT2D eigenvalue weighted by Gasteiger charge is 2.35. The Labute approximate surface area is 263 Å². The van der Waals surface area contributed by atoms with E-state index in [1.165, 1.54) is 29.2 Å². The van der Waals surface area contributed by atoms with E-state index < -0.39 is 28.5 Å². The summed E-state index contributed by atoms with van der Waals surface area (Å²) < 4.78 is 29.0. The summed E-state index contributed by atoms with van der Waals surface area (Å²) in [5.74, 6) is -0.930. The first kappa shape index (κ1) is 32.1. The number of sulfonamides is 1. The maximum absolute atomic E-state index is 14.4. The van der Waals surface area contributed by atoms with Gasteiger partial charge < -0.3 is 10.2 Å². The fourth-order valence-corrected chi connectivity index (χ4v) is 6.53. The normalized spacial score (nSPS) is 12.0. The minimum Gasteiger partial charge on any atom is -0.352 e. The van der Waals surface area contributed by atoms with Crippen molar-refractivity contribution in [2.24, 2.45) is 0 Å². The lowest BCUT2D eigenvalue weighted by Gasteiger charge is -2.34. The lowest BCUT2D eigenvalue weighted by molar-refractivity contribution is -0.140. The molecule has 4 rings (SSSR count). The summed E-state index contributed by atoms with van der Waals surface area (Å²) in [6.45, 7) is 3.14. The molecule has 1 unspecified atom stereocenters. The minimum absolute atomic E-state index is 0.00975. The monoisotopic (exact) mass is 637 g/mol. The van der Waals surface area contributed by atoms with Gasteiger partial charge in [0.05, 0.1) is 20.6 Å². The highest BCUT2D eigenvalue weighted by Crippen LogP contribution is 2.35. The largest absolute Gasteiger partial charge is 0.352 e. The Bertz CT molecular complexity index is 1640. The second kappa shape index (κ2) is 14.6. The third-order valence-electron chi connectivity index (χ3n) is 6.71. The standard InChI is InChI=1S/C33H33Cl2N3O4S/c1-24(2)36-33(40)30(21-25-13-6-3-7-14-25)37(22-26-15-8-4-9-16-26)31(39)23-38(29-20-12-19-28(34)32(29)35)43(41,42)27-17-10-5-11-18-27/h3-20,24,30H,21-23H2,1-2H3,(H,36,40). The van der Waals surface area contributed by atoms with Crippen LogP contribution in [0.3, 0.4) is 0 Å². The number of carbonyl (C=O) groups is 2. The summed E-state index contributed by atoms with van der Waals surface area (Å²) >= 11 is 12.8. The number of hydrogen-bond acceptors (Lipinski definition) is 4. The molecule has 0 spiro atoms. The Hall–Kier alpha value is -3.85. The first-order valence-corrected chi connectivity index (χ1v) is 16.0. The molecule has 43 heavy (non-hydrogen) atoms. The number of amides is 2. The molecular weight excluding hydrogens is 605 g/mol. The van der Waals surface area contributed by atoms with Gasteiger partial charge in [-0.25, -0.2) is 8.42 Å². The zero-order valence-corrected chi connectivity index (χ0v) is 26.2. The topological polar surface area (TPSA) is 86.8 Å². The van der Waals surface area contributed by atoms with Crippen LogP contribution in [0.15, 0.2) is 114 Å². The number of carbonyl (C=O) groups excluding carboxylic acids is 2. The molecule has 0 aromatic heterocycles. The van der Waals surface area contributed by atoms with Crippen molar-refractivity contribution in [2.75, 3.05) is 10.8 Å². The molecule has 7 nitrogen and oxygen atoms in total. The lowest BCUT2D eigenvalue weighted by atomic mass is 10.0. The van der Waals surface area contributed by atoms with E-state index in [-0.39, 0.29) is 45.5 Å². The number of anilines is 1. The Kier molecular flexibility index (Phi) is 10.9. The average Bonchev–Trinajstić information content (AvgIpc) is 3.00. The molecule has 4 aromatic rings. The first-order chi connectivity index (χ1) is 20.6. The molecule has 0 saturated carbocycles. The van der Waals surface area contributed by atoms with E-state index in [2.05, 4.69) is 5.32 Å². The third kappa shape index (κ3) is 8.16. The Balaban J connectivity index is 1.82. The quantitative estimate of drug-likeness (QED) is 0.196.